The van der Waals surface area contributed by atoms with Crippen LogP contribution in [0.5, 0.6) is 11.5 Å². The van der Waals surface area contributed by atoms with Crippen LogP contribution in [0.1, 0.15) is 29.3 Å². The molecule has 0 bridgehead atoms. The Hall–Kier alpha value is -3.10. The first-order valence-corrected chi connectivity index (χ1v) is 11.4. The second-order valence-corrected chi connectivity index (χ2v) is 8.45. The summed E-state index contributed by atoms with van der Waals surface area (Å²) < 4.78 is 13.0. The Morgan fingerprint density at radius 1 is 1.12 bits per heavy atom. The van der Waals surface area contributed by atoms with Crippen molar-refractivity contribution in [2.24, 2.45) is 0 Å². The third-order valence-corrected chi connectivity index (χ3v) is 6.29. The van der Waals surface area contributed by atoms with Gasteiger partial charge in [0.15, 0.2) is 16.6 Å². The summed E-state index contributed by atoms with van der Waals surface area (Å²) in [6.45, 7) is 4.01. The summed E-state index contributed by atoms with van der Waals surface area (Å²) in [5, 5.41) is 20.8. The third-order valence-electron chi connectivity index (χ3n) is 5.22. The number of aromatic nitrogens is 3. The van der Waals surface area contributed by atoms with E-state index in [1.807, 2.05) is 42.5 Å². The zero-order valence-corrected chi connectivity index (χ0v) is 19.1. The summed E-state index contributed by atoms with van der Waals surface area (Å²) in [7, 11) is 1.64. The molecule has 166 valence electrons. The fraction of sp³-hybridized carbons (Fsp3) is 0.292. The first-order valence-electron chi connectivity index (χ1n) is 10.4. The van der Waals surface area contributed by atoms with E-state index in [9.17, 15) is 9.90 Å². The Balaban J connectivity index is 1.45. The Kier molecular flexibility index (Phi) is 6.62. The maximum atomic E-state index is 11.7. The van der Waals surface area contributed by atoms with Gasteiger partial charge < -0.3 is 14.6 Å². The lowest BCUT2D eigenvalue weighted by Crippen LogP contribution is -2.20. The number of hydrogen-bond acceptors (Lipinski definition) is 7. The van der Waals surface area contributed by atoms with Crippen molar-refractivity contribution in [3.05, 3.63) is 59.7 Å². The number of fused-ring (bicyclic) bond motifs is 3. The highest BCUT2D eigenvalue weighted by Gasteiger charge is 2.15. The number of rotatable bonds is 9. The molecule has 1 N–H and O–H groups in total. The molecule has 2 aromatic heterocycles. The van der Waals surface area contributed by atoms with Gasteiger partial charge in [0.2, 0.25) is 0 Å². The van der Waals surface area contributed by atoms with E-state index in [1.54, 1.807) is 31.4 Å². The standard InChI is InChI=1S/C24H25N3O4S/c1-4-22(29)16-5-7-18(8-6-16)31-13-17(28)14-32-24-26-25-23-11-15(2)20-10-9-19(30-3)12-21(20)27(23)24/h5-12,17,28H,4,13-14H2,1-3H3/t17-/m1/s1. The molecule has 0 saturated heterocycles. The van der Waals surface area contributed by atoms with E-state index < -0.39 is 6.10 Å². The highest BCUT2D eigenvalue weighted by molar-refractivity contribution is 7.99. The molecular weight excluding hydrogens is 426 g/mol. The van der Waals surface area contributed by atoms with Gasteiger partial charge in [-0.25, -0.2) is 0 Å². The van der Waals surface area contributed by atoms with Crippen molar-refractivity contribution < 1.29 is 19.4 Å². The van der Waals surface area contributed by atoms with Crippen LogP contribution >= 0.6 is 11.8 Å². The van der Waals surface area contributed by atoms with E-state index in [1.165, 1.54) is 11.8 Å². The number of methoxy groups -OCH3 is 1. The Morgan fingerprint density at radius 3 is 2.59 bits per heavy atom. The van der Waals surface area contributed by atoms with E-state index in [-0.39, 0.29) is 12.4 Å². The number of carbonyl (C=O) groups is 1. The number of ether oxygens (including phenoxy) is 2. The highest BCUT2D eigenvalue weighted by Crippen LogP contribution is 2.29. The van der Waals surface area contributed by atoms with Crippen LogP contribution in [0, 0.1) is 6.92 Å². The van der Waals surface area contributed by atoms with Crippen LogP contribution in [0.2, 0.25) is 0 Å². The Labute approximate surface area is 190 Å². The number of nitrogens with zero attached hydrogens (tertiary/aromatic N) is 3. The van der Waals surface area contributed by atoms with Gasteiger partial charge in [0.25, 0.3) is 0 Å². The molecule has 32 heavy (non-hydrogen) atoms. The van der Waals surface area contributed by atoms with Gasteiger partial charge in [0.1, 0.15) is 18.1 Å². The average molecular weight is 452 g/mol. The lowest BCUT2D eigenvalue weighted by Gasteiger charge is -2.13. The first kappa shape index (κ1) is 22.1. The van der Waals surface area contributed by atoms with E-state index in [0.29, 0.717) is 28.6 Å². The van der Waals surface area contributed by atoms with Crippen LogP contribution in [0.4, 0.5) is 0 Å². The molecule has 7 nitrogen and oxygen atoms in total. The molecule has 0 saturated carbocycles. The molecule has 8 heteroatoms. The molecule has 0 aliphatic rings. The minimum atomic E-state index is -0.699. The summed E-state index contributed by atoms with van der Waals surface area (Å²) in [6, 6.07) is 14.9. The second kappa shape index (κ2) is 9.58. The number of aliphatic hydroxyl groups excluding tert-OH is 1. The van der Waals surface area contributed by atoms with Gasteiger partial charge in [-0.1, -0.05) is 18.7 Å². The molecule has 0 unspecified atom stereocenters. The van der Waals surface area contributed by atoms with E-state index in [2.05, 4.69) is 10.2 Å². The molecule has 2 aromatic carbocycles. The van der Waals surface area contributed by atoms with Crippen LogP contribution in [0.25, 0.3) is 16.6 Å². The number of carbonyl (C=O) groups excluding carboxylic acids is 1. The number of aliphatic hydroxyl groups is 1. The third kappa shape index (κ3) is 4.56. The number of thioether (sulfide) groups is 1. The Bertz CT molecular complexity index is 1250. The van der Waals surface area contributed by atoms with Gasteiger partial charge in [-0.05, 0) is 55.0 Å². The average Bonchev–Trinajstić information content (AvgIpc) is 3.23. The molecule has 0 aliphatic heterocycles. The van der Waals surface area contributed by atoms with Crippen molar-refractivity contribution in [1.82, 2.24) is 14.6 Å². The molecule has 0 fully saturated rings. The molecule has 0 amide bonds. The summed E-state index contributed by atoms with van der Waals surface area (Å²) in [5.41, 5.74) is 3.48. The second-order valence-electron chi connectivity index (χ2n) is 7.46. The molecule has 4 aromatic rings. The number of hydrogen-bond donors (Lipinski definition) is 1. The van der Waals surface area contributed by atoms with Crippen molar-refractivity contribution in [3.63, 3.8) is 0 Å². The molecule has 4 rings (SSSR count). The number of aryl methyl sites for hydroxylation is 1. The van der Waals surface area contributed by atoms with Crippen molar-refractivity contribution in [1.29, 1.82) is 0 Å². The molecule has 1 atom stereocenters. The quantitative estimate of drug-likeness (QED) is 0.299. The number of pyridine rings is 1. The number of ketones is 1. The summed E-state index contributed by atoms with van der Waals surface area (Å²) in [5.74, 6) is 1.86. The number of Topliss-reactive ketones (excluding diaryl/α,β-unsaturated/α-hetero) is 1. The number of benzene rings is 2. The minimum Gasteiger partial charge on any atom is -0.497 e. The van der Waals surface area contributed by atoms with Crippen LogP contribution in [0.3, 0.4) is 0 Å². The summed E-state index contributed by atoms with van der Waals surface area (Å²) in [6.07, 6.45) is -0.231. The van der Waals surface area contributed by atoms with Gasteiger partial charge in [0.05, 0.1) is 18.7 Å². The van der Waals surface area contributed by atoms with Crippen molar-refractivity contribution >= 4 is 34.1 Å². The monoisotopic (exact) mass is 451 g/mol. The zero-order valence-electron chi connectivity index (χ0n) is 18.2. The van der Waals surface area contributed by atoms with Crippen LogP contribution in [0.15, 0.2) is 53.7 Å². The normalized spacial score (nSPS) is 12.2. The lowest BCUT2D eigenvalue weighted by atomic mass is 10.1. The van der Waals surface area contributed by atoms with E-state index in [4.69, 9.17) is 9.47 Å². The SMILES string of the molecule is CCC(=O)c1ccc(OC[C@@H](O)CSc2nnc3cc(C)c4ccc(OC)cc4n23)cc1. The molecule has 0 aliphatic carbocycles. The largest absolute Gasteiger partial charge is 0.497 e. The first-order chi connectivity index (χ1) is 15.5. The van der Waals surface area contributed by atoms with Crippen molar-refractivity contribution in [3.8, 4) is 11.5 Å². The molecular formula is C24H25N3O4S. The van der Waals surface area contributed by atoms with Crippen LogP contribution in [-0.4, -0.2) is 51.1 Å². The van der Waals surface area contributed by atoms with Gasteiger partial charge in [-0.15, -0.1) is 10.2 Å². The van der Waals surface area contributed by atoms with E-state index in [0.717, 1.165) is 27.9 Å². The van der Waals surface area contributed by atoms with Crippen molar-refractivity contribution in [2.45, 2.75) is 31.5 Å². The van der Waals surface area contributed by atoms with E-state index >= 15 is 0 Å². The maximum Gasteiger partial charge on any atom is 0.196 e. The predicted octanol–water partition coefficient (Wildman–Crippen LogP) is 4.32. The minimum absolute atomic E-state index is 0.0915. The topological polar surface area (TPSA) is 86.0 Å². The Morgan fingerprint density at radius 2 is 1.88 bits per heavy atom. The fourth-order valence-corrected chi connectivity index (χ4v) is 4.33. The fourth-order valence-electron chi connectivity index (χ4n) is 3.48. The highest BCUT2D eigenvalue weighted by atomic mass is 32.2. The molecule has 2 heterocycles. The van der Waals surface area contributed by atoms with Crippen molar-refractivity contribution in [2.75, 3.05) is 19.5 Å². The zero-order chi connectivity index (χ0) is 22.7. The van der Waals surface area contributed by atoms with Crippen LogP contribution < -0.4 is 9.47 Å². The maximum absolute atomic E-state index is 11.7. The molecule has 0 spiro atoms. The van der Waals surface area contributed by atoms with Gasteiger partial charge >= 0.3 is 0 Å². The smallest absolute Gasteiger partial charge is 0.196 e. The van der Waals surface area contributed by atoms with Gasteiger partial charge in [-0.3, -0.25) is 9.20 Å². The summed E-state index contributed by atoms with van der Waals surface area (Å²) >= 11 is 1.42. The van der Waals surface area contributed by atoms with Crippen LogP contribution in [-0.2, 0) is 0 Å². The molecule has 0 radical (unpaired) electrons. The van der Waals surface area contributed by atoms with Gasteiger partial charge in [-0.2, -0.15) is 0 Å². The van der Waals surface area contributed by atoms with Gasteiger partial charge in [0, 0.05) is 29.2 Å². The summed E-state index contributed by atoms with van der Waals surface area (Å²) in [4.78, 5) is 11.7. The predicted molar refractivity (Wildman–Crippen MR) is 125 cm³/mol. The lowest BCUT2D eigenvalue weighted by molar-refractivity contribution is 0.0987.